The van der Waals surface area contributed by atoms with Crippen LogP contribution in [0.5, 0.6) is 11.5 Å². The van der Waals surface area contributed by atoms with Crippen LogP contribution in [0.25, 0.3) is 11.4 Å². The van der Waals surface area contributed by atoms with Crippen LogP contribution in [-0.2, 0) is 33.3 Å². The number of nitrogen functional groups attached to an aromatic ring is 2. The monoisotopic (exact) mass is 1500 g/mol. The molecule has 0 saturated carbocycles. The number of nitrogens with zero attached hydrogens (tertiary/aromatic N) is 5. The van der Waals surface area contributed by atoms with Crippen LogP contribution in [-0.4, -0.2) is 332 Å². The molecule has 4 saturated heterocycles. The van der Waals surface area contributed by atoms with Crippen molar-refractivity contribution in [2.45, 2.75) is 123 Å². The standard InChI is InChI=1S/C25H27FN4O8.C19H16FN3O4.2C7H15NO5.C6H12O6.CH3F/c1-29(25-23(36)22(35)21(34)18(11-31)38-25)19(32)12-37-16-4-2-3-13(9-16)20(33)17-10-28-30(24(17)27)15-7-5-14(26)6-8-15;1-26-17(24)11-27-15-4-2-3-12(9-15)18(25)16-10-22-23(19(16)21)14-7-5-13(20)6-8-14;2*1-8-7-6(12)5(11)4(10)3(2-9)13-7;7-1-2-3(8)4(9)5(10)6(11)12-2;1-2/h2-10,18,21-23,25,31,34-36H,11-12,27H2,1H3;2-10H,11,21H2,1H3;2*3-12H,2H2,1H3;2-11H,1H2;1H3/t18?,21-,22+,23?,25?;;2*3?,4-,5+,6?,7?;2?,3-,4+,5?,6+;/m1.111./s1/i;;;;;1D. The van der Waals surface area contributed by atoms with Gasteiger partial charge in [0.15, 0.2) is 37.3 Å². The van der Waals surface area contributed by atoms with Gasteiger partial charge in [-0.1, -0.05) is 24.3 Å². The lowest BCUT2D eigenvalue weighted by Gasteiger charge is -2.43. The molecule has 37 nitrogen and oxygen atoms in total. The predicted octanol–water partition coefficient (Wildman–Crippen LogP) is -6.79. The first-order valence-electron chi connectivity index (χ1n) is 32.2. The molecule has 6 heterocycles. The third-order valence-electron chi connectivity index (χ3n) is 16.2. The summed E-state index contributed by atoms with van der Waals surface area (Å²) in [4.78, 5) is 50.7. The van der Waals surface area contributed by atoms with Gasteiger partial charge in [-0.2, -0.15) is 10.2 Å². The van der Waals surface area contributed by atoms with Gasteiger partial charge in [-0.25, -0.2) is 22.9 Å². The molecule has 1 amide bonds. The highest BCUT2D eigenvalue weighted by molar-refractivity contribution is 6.12. The van der Waals surface area contributed by atoms with E-state index in [1.165, 1.54) is 109 Å². The number of anilines is 2. The molecule has 0 spiro atoms. The maximum absolute atomic E-state index is 13.2. The topological polar surface area (TPSA) is 592 Å². The smallest absolute Gasteiger partial charge is 0.343 e. The Morgan fingerprint density at radius 1 is 0.524 bits per heavy atom. The molecule has 0 bridgehead atoms. The van der Waals surface area contributed by atoms with E-state index >= 15 is 0 Å². The molecule has 0 aliphatic carbocycles. The zero-order chi connectivity index (χ0) is 79.0. The molecule has 0 radical (unpaired) electrons. The van der Waals surface area contributed by atoms with Crippen LogP contribution in [0.4, 0.5) is 24.8 Å². The Morgan fingerprint density at radius 3 is 1.25 bits per heavy atom. The average molecular weight is 1500 g/mol. The number of carbonyl (C=O) groups excluding carboxylic acids is 4. The van der Waals surface area contributed by atoms with Gasteiger partial charge in [0, 0.05) is 18.2 Å². The van der Waals surface area contributed by atoms with E-state index in [4.69, 9.17) is 72.3 Å². The lowest BCUT2D eigenvalue weighted by atomic mass is 9.98. The fraction of sp³-hybridized carbons (Fsp3) is 0.477. The normalized spacial score (nSPS) is 28.4. The number of hydrogen-bond acceptors (Lipinski definition) is 34. The van der Waals surface area contributed by atoms with Crippen molar-refractivity contribution in [3.05, 3.63) is 143 Å². The van der Waals surface area contributed by atoms with E-state index in [-0.39, 0.29) is 52.3 Å². The van der Waals surface area contributed by atoms with Crippen molar-refractivity contribution in [2.75, 3.05) is 86.5 Å². The second-order valence-electron chi connectivity index (χ2n) is 23.1. The number of ether oxygens (including phenoxy) is 7. The number of amides is 1. The van der Waals surface area contributed by atoms with Gasteiger partial charge in [-0.15, -0.1) is 0 Å². The summed E-state index contributed by atoms with van der Waals surface area (Å²) in [6, 6.07) is 23.4. The number of ketones is 2. The molecule has 4 aliphatic heterocycles. The van der Waals surface area contributed by atoms with Gasteiger partial charge in [0.1, 0.15) is 145 Å². The quantitative estimate of drug-likeness (QED) is 0.0265. The van der Waals surface area contributed by atoms with Gasteiger partial charge < -0.3 is 136 Å². The Hall–Kier alpha value is -8.35. The van der Waals surface area contributed by atoms with Gasteiger partial charge in [-0.05, 0) is 86.9 Å². The lowest BCUT2D eigenvalue weighted by Crippen LogP contribution is -2.63. The minimum absolute atomic E-state index is 0.0595. The lowest BCUT2D eigenvalue weighted by molar-refractivity contribution is -0.286. The molecule has 6 aromatic rings. The van der Waals surface area contributed by atoms with E-state index in [9.17, 15) is 83.4 Å². The highest BCUT2D eigenvalue weighted by Gasteiger charge is 2.47. The Kier molecular flexibility index (Phi) is 33.8. The minimum Gasteiger partial charge on any atom is -0.484 e. The van der Waals surface area contributed by atoms with Crippen molar-refractivity contribution in [2.24, 2.45) is 0 Å². The number of aromatic nitrogens is 4. The van der Waals surface area contributed by atoms with E-state index < -0.39 is 186 Å². The van der Waals surface area contributed by atoms with E-state index in [1.54, 1.807) is 38.4 Å². The highest BCUT2D eigenvalue weighted by Crippen LogP contribution is 2.28. The maximum Gasteiger partial charge on any atom is 0.343 e. The largest absolute Gasteiger partial charge is 0.484 e. The molecular weight excluding hydrogens is 1410 g/mol. The number of alkyl halides is 1. The van der Waals surface area contributed by atoms with Crippen LogP contribution >= 0.6 is 0 Å². The highest BCUT2D eigenvalue weighted by atomic mass is 19.1. The van der Waals surface area contributed by atoms with Gasteiger partial charge in [0.25, 0.3) is 5.91 Å². The van der Waals surface area contributed by atoms with Crippen molar-refractivity contribution >= 4 is 35.1 Å². The van der Waals surface area contributed by atoms with Crippen LogP contribution in [0.1, 0.15) is 33.2 Å². The molecule has 23 N–H and O–H groups in total. The van der Waals surface area contributed by atoms with Crippen LogP contribution < -0.4 is 31.6 Å². The number of methoxy groups -OCH3 is 1. The van der Waals surface area contributed by atoms with Gasteiger partial charge in [0.05, 0.1) is 77.0 Å². The number of halogens is 3. The average Bonchev–Trinajstić information content (AvgIpc) is 1.28. The number of nitrogens with two attached hydrogens (primary N) is 2. The third kappa shape index (κ3) is 22.4. The van der Waals surface area contributed by atoms with E-state index in [0.29, 0.717) is 22.7 Å². The number of aliphatic hydroxyl groups is 17. The van der Waals surface area contributed by atoms with Crippen LogP contribution in [0.3, 0.4) is 0 Å². The molecule has 2 aromatic heterocycles. The zero-order valence-electron chi connectivity index (χ0n) is 57.5. The Morgan fingerprint density at radius 2 is 0.876 bits per heavy atom. The van der Waals surface area contributed by atoms with Crippen molar-refractivity contribution in [3.63, 3.8) is 0 Å². The fourth-order valence-corrected chi connectivity index (χ4v) is 10.2. The molecule has 20 atom stereocenters. The Labute approximate surface area is 597 Å². The maximum atomic E-state index is 13.2. The number of esters is 1. The van der Waals surface area contributed by atoms with Gasteiger partial charge >= 0.3 is 5.97 Å². The molecule has 10 rings (SSSR count). The Balaban J connectivity index is 0.000000256. The molecule has 40 heteroatoms. The van der Waals surface area contributed by atoms with Gasteiger partial charge in [-0.3, -0.25) is 29.4 Å². The van der Waals surface area contributed by atoms with Crippen molar-refractivity contribution < 1.29 is 154 Å². The van der Waals surface area contributed by atoms with Crippen LogP contribution in [0, 0.1) is 11.6 Å². The van der Waals surface area contributed by atoms with E-state index in [1.807, 2.05) is 0 Å². The summed E-state index contributed by atoms with van der Waals surface area (Å²) < 4.78 is 79.8. The number of nitrogens with one attached hydrogen (secondary N) is 2. The van der Waals surface area contributed by atoms with E-state index in [2.05, 4.69) is 30.3 Å². The molecule has 582 valence electrons. The van der Waals surface area contributed by atoms with Crippen molar-refractivity contribution in [1.29, 1.82) is 0 Å². The summed E-state index contributed by atoms with van der Waals surface area (Å²) in [6.45, 7) is -2.73. The summed E-state index contributed by atoms with van der Waals surface area (Å²) in [5.74, 6) is -2.07. The van der Waals surface area contributed by atoms with Crippen LogP contribution in [0.15, 0.2) is 109 Å². The molecule has 4 fully saturated rings. The van der Waals surface area contributed by atoms with Crippen molar-refractivity contribution in [1.82, 2.24) is 35.1 Å². The molecule has 11 unspecified atom stereocenters. The summed E-state index contributed by atoms with van der Waals surface area (Å²) in [5, 5.41) is 171. The third-order valence-corrected chi connectivity index (χ3v) is 16.2. The number of benzene rings is 4. The number of hydrogen-bond donors (Lipinski definition) is 21. The number of carbonyl (C=O) groups is 4. The van der Waals surface area contributed by atoms with Gasteiger partial charge in [0.2, 0.25) is 0 Å². The second kappa shape index (κ2) is 41.5. The summed E-state index contributed by atoms with van der Waals surface area (Å²) in [5.41, 5.74) is 14.0. The summed E-state index contributed by atoms with van der Waals surface area (Å²) in [7, 11) is 4.66. The summed E-state index contributed by atoms with van der Waals surface area (Å²) >= 11 is 0. The Bertz CT molecular complexity index is 3610. The first-order valence-corrected chi connectivity index (χ1v) is 31.5. The second-order valence-corrected chi connectivity index (χ2v) is 23.1. The predicted molar refractivity (Wildman–Crippen MR) is 354 cm³/mol. The molecule has 105 heavy (non-hydrogen) atoms. The molecule has 4 aromatic carbocycles. The molecular formula is C65H88F3N9O28. The zero-order valence-corrected chi connectivity index (χ0v) is 56.5. The minimum atomic E-state index is -1.63. The first kappa shape index (κ1) is 85.6. The summed E-state index contributed by atoms with van der Waals surface area (Å²) in [6.07, 6.45) is -22.5. The molecule has 4 aliphatic rings. The SMILES string of the molecule is CN(C(=O)COc1cccc(C(=O)c2cnn(-c3ccc(F)cc3)c2N)c1)C1OC(CO)[C@@H](O)[C@H](O)C1O.CNC1OC(CO)[C@@H](O)[C@H](O)C1O.CNC1OC(CO)[C@@H](O)[C@H](O)C1O.COC(=O)COc1cccc(C(=O)c2cnn(-c3ccc(F)cc3)c2N)c1.OCC1O[C@H](O)C(O)[C@@H](O)[C@@H]1O.[2H]CF. The number of aliphatic hydroxyl groups excluding tert-OH is 17. The first-order chi connectivity index (χ1) is 50.3. The number of likely N-dealkylation sites (N-methyl/N-ethyl adjacent to an activating group) is 3. The van der Waals surface area contributed by atoms with Crippen molar-refractivity contribution in [3.8, 4) is 22.9 Å². The van der Waals surface area contributed by atoms with Crippen LogP contribution in [0.2, 0.25) is 0 Å². The number of rotatable bonds is 19. The fourth-order valence-electron chi connectivity index (χ4n) is 10.2. The van der Waals surface area contributed by atoms with E-state index in [0.717, 1.165) is 4.90 Å².